The van der Waals surface area contributed by atoms with Gasteiger partial charge >= 0.3 is 11.1 Å². The SMILES string of the molecule is CC(=O)C(C(C)=O)(C(C)=O)C(=O)O[N+](=O)[O-]. The van der Waals surface area contributed by atoms with Gasteiger partial charge in [0, 0.05) is 0 Å². The third kappa shape index (κ3) is 2.10. The van der Waals surface area contributed by atoms with Crippen LogP contribution in [0.1, 0.15) is 20.8 Å². The van der Waals surface area contributed by atoms with Crippen molar-refractivity contribution in [2.45, 2.75) is 20.8 Å². The number of carbonyl (C=O) groups is 4. The Kier molecular flexibility index (Phi) is 3.99. The molecule has 0 N–H and O–H groups in total. The minimum atomic E-state index is -2.73. The third-order valence-corrected chi connectivity index (χ3v) is 2.05. The molecule has 16 heavy (non-hydrogen) atoms. The van der Waals surface area contributed by atoms with Crippen molar-refractivity contribution in [3.8, 4) is 0 Å². The second-order valence-corrected chi connectivity index (χ2v) is 3.02. The molecule has 0 aromatic rings. The molecule has 0 heterocycles. The maximum Gasteiger partial charge on any atom is 0.332 e. The molecule has 0 rings (SSSR count). The van der Waals surface area contributed by atoms with Crippen LogP contribution in [0.5, 0.6) is 0 Å². The first-order valence-electron chi connectivity index (χ1n) is 4.07. The number of rotatable bonds is 5. The number of nitrogens with zero attached hydrogens (tertiary/aromatic N) is 1. The minimum Gasteiger partial charge on any atom is -0.298 e. The topological polar surface area (TPSA) is 121 Å². The molecule has 8 nitrogen and oxygen atoms in total. The van der Waals surface area contributed by atoms with Crippen molar-refractivity contribution in [1.29, 1.82) is 0 Å². The standard InChI is InChI=1S/C8H9NO7/c1-4(10)8(5(2)11,6(3)12)7(13)16-9(14)15/h1-3H3. The van der Waals surface area contributed by atoms with Gasteiger partial charge in [-0.2, -0.15) is 0 Å². The molecule has 0 saturated heterocycles. The van der Waals surface area contributed by atoms with Gasteiger partial charge in [0.15, 0.2) is 17.3 Å². The minimum absolute atomic E-state index is 0.810. The van der Waals surface area contributed by atoms with Gasteiger partial charge in [0.1, 0.15) is 0 Å². The van der Waals surface area contributed by atoms with Crippen LogP contribution in [0, 0.1) is 15.5 Å². The molecular formula is C8H9NO7. The molecular weight excluding hydrogens is 222 g/mol. The van der Waals surface area contributed by atoms with E-state index in [1.807, 2.05) is 0 Å². The molecule has 0 aromatic heterocycles. The fourth-order valence-corrected chi connectivity index (χ4v) is 1.31. The maximum absolute atomic E-state index is 11.3. The Labute approximate surface area is 89.7 Å². The third-order valence-electron chi connectivity index (χ3n) is 2.05. The van der Waals surface area contributed by atoms with Crippen LogP contribution in [0.25, 0.3) is 0 Å². The van der Waals surface area contributed by atoms with E-state index in [9.17, 15) is 29.3 Å². The Morgan fingerprint density at radius 2 is 1.31 bits per heavy atom. The largest absolute Gasteiger partial charge is 0.332 e. The number of carbonyl (C=O) groups excluding carboxylic acids is 4. The van der Waals surface area contributed by atoms with Crippen molar-refractivity contribution in [2.24, 2.45) is 5.41 Å². The van der Waals surface area contributed by atoms with E-state index in [0.717, 1.165) is 20.8 Å². The van der Waals surface area contributed by atoms with E-state index < -0.39 is 33.8 Å². The summed E-state index contributed by atoms with van der Waals surface area (Å²) in [4.78, 5) is 58.4. The van der Waals surface area contributed by atoms with Gasteiger partial charge in [0.25, 0.3) is 0 Å². The van der Waals surface area contributed by atoms with Crippen molar-refractivity contribution in [3.05, 3.63) is 10.1 Å². The van der Waals surface area contributed by atoms with Crippen LogP contribution in [0.3, 0.4) is 0 Å². The van der Waals surface area contributed by atoms with Crippen LogP contribution in [-0.2, 0) is 24.0 Å². The first kappa shape index (κ1) is 13.9. The molecule has 0 saturated carbocycles. The molecule has 0 atom stereocenters. The summed E-state index contributed by atoms with van der Waals surface area (Å²) in [6, 6.07) is 0. The summed E-state index contributed by atoms with van der Waals surface area (Å²) in [5.41, 5.74) is -2.73. The van der Waals surface area contributed by atoms with E-state index in [4.69, 9.17) is 0 Å². The zero-order valence-electron chi connectivity index (χ0n) is 8.80. The highest BCUT2D eigenvalue weighted by Crippen LogP contribution is 2.24. The molecule has 0 amide bonds. The summed E-state index contributed by atoms with van der Waals surface area (Å²) in [5, 5.41) is 8.47. The fraction of sp³-hybridized carbons (Fsp3) is 0.500. The highest BCUT2D eigenvalue weighted by Gasteiger charge is 2.54. The fourth-order valence-electron chi connectivity index (χ4n) is 1.31. The van der Waals surface area contributed by atoms with Gasteiger partial charge in [-0.1, -0.05) is 0 Å². The van der Waals surface area contributed by atoms with Crippen molar-refractivity contribution >= 4 is 23.3 Å². The van der Waals surface area contributed by atoms with Crippen LogP contribution in [-0.4, -0.2) is 28.4 Å². The molecule has 0 bridgehead atoms. The number of ketones is 3. The lowest BCUT2D eigenvalue weighted by atomic mass is 9.77. The predicted octanol–water partition coefficient (Wildman–Crippen LogP) is -0.525. The van der Waals surface area contributed by atoms with E-state index in [0.29, 0.717) is 0 Å². The van der Waals surface area contributed by atoms with Gasteiger partial charge < -0.3 is 0 Å². The summed E-state index contributed by atoms with van der Waals surface area (Å²) < 4.78 is 0. The van der Waals surface area contributed by atoms with Crippen molar-refractivity contribution in [1.82, 2.24) is 0 Å². The maximum atomic E-state index is 11.3. The highest BCUT2D eigenvalue weighted by molar-refractivity contribution is 6.36. The molecule has 8 heteroatoms. The van der Waals surface area contributed by atoms with Crippen LogP contribution < -0.4 is 0 Å². The van der Waals surface area contributed by atoms with Crippen LogP contribution in [0.2, 0.25) is 0 Å². The summed E-state index contributed by atoms with van der Waals surface area (Å²) >= 11 is 0. The number of hydrogen-bond donors (Lipinski definition) is 0. The molecule has 0 fully saturated rings. The van der Waals surface area contributed by atoms with Crippen molar-refractivity contribution in [2.75, 3.05) is 0 Å². The lowest BCUT2D eigenvalue weighted by Gasteiger charge is -2.21. The highest BCUT2D eigenvalue weighted by atomic mass is 17.0. The zero-order chi connectivity index (χ0) is 13.1. The molecule has 0 radical (unpaired) electrons. The van der Waals surface area contributed by atoms with Gasteiger partial charge in [-0.3, -0.25) is 19.2 Å². The molecule has 0 unspecified atom stereocenters. The Morgan fingerprint density at radius 1 is 1.00 bits per heavy atom. The zero-order valence-corrected chi connectivity index (χ0v) is 8.80. The Morgan fingerprint density at radius 3 is 1.50 bits per heavy atom. The quantitative estimate of drug-likeness (QED) is 0.354. The van der Waals surface area contributed by atoms with E-state index in [1.54, 1.807) is 0 Å². The second-order valence-electron chi connectivity index (χ2n) is 3.02. The predicted molar refractivity (Wildman–Crippen MR) is 47.6 cm³/mol. The van der Waals surface area contributed by atoms with Gasteiger partial charge in [0.05, 0.1) is 0 Å². The summed E-state index contributed by atoms with van der Waals surface area (Å²) in [5.74, 6) is -5.12. The Bertz CT molecular complexity index is 348. The van der Waals surface area contributed by atoms with Gasteiger partial charge in [-0.05, 0) is 20.8 Å². The Hall–Kier alpha value is -2.12. The molecule has 0 aliphatic heterocycles. The number of hydrogen-bond acceptors (Lipinski definition) is 7. The first-order chi connectivity index (χ1) is 7.17. The molecule has 0 aromatic carbocycles. The lowest BCUT2D eigenvalue weighted by Crippen LogP contribution is -2.51. The van der Waals surface area contributed by atoms with Crippen LogP contribution in [0.15, 0.2) is 0 Å². The Balaban J connectivity index is 5.63. The average molecular weight is 231 g/mol. The normalized spacial score (nSPS) is 10.4. The van der Waals surface area contributed by atoms with Gasteiger partial charge in [0.2, 0.25) is 5.41 Å². The first-order valence-corrected chi connectivity index (χ1v) is 4.07. The monoisotopic (exact) mass is 231 g/mol. The number of Topliss-reactive ketones (excluding diaryl/α,β-unsaturated/α-hetero) is 3. The van der Waals surface area contributed by atoms with Crippen LogP contribution in [0.4, 0.5) is 0 Å². The van der Waals surface area contributed by atoms with Crippen LogP contribution >= 0.6 is 0 Å². The molecule has 0 spiro atoms. The lowest BCUT2D eigenvalue weighted by molar-refractivity contribution is -0.730. The van der Waals surface area contributed by atoms with Crippen molar-refractivity contribution in [3.63, 3.8) is 0 Å². The summed E-state index contributed by atoms with van der Waals surface area (Å²) in [6.45, 7) is 2.43. The van der Waals surface area contributed by atoms with Crippen molar-refractivity contribution < 1.29 is 29.1 Å². The smallest absolute Gasteiger partial charge is 0.298 e. The molecule has 88 valence electrons. The molecule has 0 aliphatic rings. The second kappa shape index (κ2) is 4.60. The summed E-state index contributed by atoms with van der Waals surface area (Å²) in [6.07, 6.45) is 0. The van der Waals surface area contributed by atoms with E-state index in [1.165, 1.54) is 0 Å². The average Bonchev–Trinajstić information content (AvgIpc) is 1.99. The van der Waals surface area contributed by atoms with Gasteiger partial charge in [-0.25, -0.2) is 4.84 Å². The van der Waals surface area contributed by atoms with E-state index >= 15 is 0 Å². The van der Waals surface area contributed by atoms with Gasteiger partial charge in [-0.15, -0.1) is 10.1 Å². The summed E-state index contributed by atoms with van der Waals surface area (Å²) in [7, 11) is 0. The van der Waals surface area contributed by atoms with E-state index in [-0.39, 0.29) is 0 Å². The van der Waals surface area contributed by atoms with E-state index in [2.05, 4.69) is 4.84 Å². The molecule has 0 aliphatic carbocycles.